The average Bonchev–Trinajstić information content (AvgIpc) is 3.59. The molecule has 2 fully saturated rings. The van der Waals surface area contributed by atoms with Gasteiger partial charge in [-0.3, -0.25) is 19.8 Å². The standard InChI is InChI=1S/C24H22N2O3/c27-22(17-11-12-17)25-26-23(28)20-18(15-7-3-1-4-8-15)13-14-19(21(20)24(26)29)16-9-5-2-6-10-16/h1-10,13-14,17-21H,11-12H2,(H,25,27)/t18-,19+,20-,21+. The molecule has 0 unspecified atom stereocenters. The number of imide groups is 1. The molecule has 1 aliphatic heterocycles. The predicted octanol–water partition coefficient (Wildman–Crippen LogP) is 3.17. The fourth-order valence-electron chi connectivity index (χ4n) is 4.59. The molecule has 29 heavy (non-hydrogen) atoms. The minimum atomic E-state index is -0.528. The smallest absolute Gasteiger partial charge is 0.253 e. The number of hydrazine groups is 1. The van der Waals surface area contributed by atoms with E-state index >= 15 is 0 Å². The van der Waals surface area contributed by atoms with Crippen LogP contribution in [0.3, 0.4) is 0 Å². The van der Waals surface area contributed by atoms with Crippen LogP contribution in [0, 0.1) is 17.8 Å². The van der Waals surface area contributed by atoms with Gasteiger partial charge in [-0.15, -0.1) is 0 Å². The summed E-state index contributed by atoms with van der Waals surface area (Å²) in [5.74, 6) is -2.38. The summed E-state index contributed by atoms with van der Waals surface area (Å²) in [6.07, 6.45) is 5.72. The van der Waals surface area contributed by atoms with E-state index in [4.69, 9.17) is 0 Å². The fraction of sp³-hybridized carbons (Fsp3) is 0.292. The van der Waals surface area contributed by atoms with E-state index < -0.39 is 11.8 Å². The number of nitrogens with one attached hydrogen (secondary N) is 1. The van der Waals surface area contributed by atoms with E-state index in [0.29, 0.717) is 0 Å². The van der Waals surface area contributed by atoms with Crippen LogP contribution in [0.1, 0.15) is 35.8 Å². The predicted molar refractivity (Wildman–Crippen MR) is 107 cm³/mol. The largest absolute Gasteiger partial charge is 0.273 e. The van der Waals surface area contributed by atoms with Gasteiger partial charge >= 0.3 is 0 Å². The highest BCUT2D eigenvalue weighted by molar-refractivity contribution is 6.07. The number of carbonyl (C=O) groups is 3. The fourth-order valence-corrected chi connectivity index (χ4v) is 4.59. The Balaban J connectivity index is 1.55. The second kappa shape index (κ2) is 6.99. The van der Waals surface area contributed by atoms with Crippen LogP contribution in [0.2, 0.25) is 0 Å². The molecule has 5 nitrogen and oxygen atoms in total. The van der Waals surface area contributed by atoms with Gasteiger partial charge in [-0.2, -0.15) is 5.01 Å². The molecule has 2 aromatic rings. The van der Waals surface area contributed by atoms with Gasteiger partial charge in [-0.25, -0.2) is 0 Å². The quantitative estimate of drug-likeness (QED) is 0.648. The summed E-state index contributed by atoms with van der Waals surface area (Å²) in [5.41, 5.74) is 4.61. The number of nitrogens with zero attached hydrogens (tertiary/aromatic N) is 1. The van der Waals surface area contributed by atoms with E-state index in [1.807, 2.05) is 72.8 Å². The lowest BCUT2D eigenvalue weighted by Crippen LogP contribution is -2.47. The van der Waals surface area contributed by atoms with Crippen molar-refractivity contribution in [3.63, 3.8) is 0 Å². The maximum Gasteiger partial charge on any atom is 0.253 e. The first-order chi connectivity index (χ1) is 14.1. The van der Waals surface area contributed by atoms with E-state index in [1.54, 1.807) is 0 Å². The van der Waals surface area contributed by atoms with Gasteiger partial charge in [0, 0.05) is 17.8 Å². The van der Waals surface area contributed by atoms with Gasteiger partial charge in [0.1, 0.15) is 0 Å². The van der Waals surface area contributed by atoms with Gasteiger partial charge in [-0.05, 0) is 24.0 Å². The lowest BCUT2D eigenvalue weighted by molar-refractivity contribution is -0.149. The summed E-state index contributed by atoms with van der Waals surface area (Å²) in [7, 11) is 0. The number of allylic oxidation sites excluding steroid dienone is 2. The normalized spacial score (nSPS) is 28.3. The number of rotatable bonds is 4. The molecule has 2 aromatic carbocycles. The first-order valence-corrected chi connectivity index (χ1v) is 10.1. The summed E-state index contributed by atoms with van der Waals surface area (Å²) in [4.78, 5) is 39.0. The molecule has 1 saturated carbocycles. The highest BCUT2D eigenvalue weighted by Crippen LogP contribution is 2.48. The minimum Gasteiger partial charge on any atom is -0.273 e. The molecule has 1 heterocycles. The van der Waals surface area contributed by atoms with E-state index in [9.17, 15) is 14.4 Å². The number of carbonyl (C=O) groups excluding carboxylic acids is 3. The second-order valence-corrected chi connectivity index (χ2v) is 8.07. The number of benzene rings is 2. The molecule has 0 spiro atoms. The summed E-state index contributed by atoms with van der Waals surface area (Å²) in [6, 6.07) is 19.6. The molecule has 1 N–H and O–H groups in total. The summed E-state index contributed by atoms with van der Waals surface area (Å²) < 4.78 is 0. The molecule has 2 aliphatic carbocycles. The lowest BCUT2D eigenvalue weighted by atomic mass is 9.68. The van der Waals surface area contributed by atoms with Crippen molar-refractivity contribution in [1.29, 1.82) is 0 Å². The van der Waals surface area contributed by atoms with Gasteiger partial charge in [0.25, 0.3) is 11.8 Å². The Hall–Kier alpha value is -3.21. The maximum atomic E-state index is 13.3. The number of amides is 3. The third kappa shape index (κ3) is 3.07. The minimum absolute atomic E-state index is 0.0776. The van der Waals surface area contributed by atoms with Crippen LogP contribution >= 0.6 is 0 Å². The van der Waals surface area contributed by atoms with Gasteiger partial charge in [0.05, 0.1) is 11.8 Å². The Bertz CT molecular complexity index is 914. The van der Waals surface area contributed by atoms with Crippen molar-refractivity contribution in [3.05, 3.63) is 83.9 Å². The van der Waals surface area contributed by atoms with Gasteiger partial charge in [0.15, 0.2) is 0 Å². The first-order valence-electron chi connectivity index (χ1n) is 10.1. The summed E-state index contributed by atoms with van der Waals surface area (Å²) >= 11 is 0. The van der Waals surface area contributed by atoms with Gasteiger partial charge in [0.2, 0.25) is 5.91 Å². The number of hydrogen-bond acceptors (Lipinski definition) is 3. The van der Waals surface area contributed by atoms with Crippen LogP contribution in [-0.4, -0.2) is 22.7 Å². The zero-order chi connectivity index (χ0) is 20.0. The Morgan fingerprint density at radius 1 is 0.759 bits per heavy atom. The van der Waals surface area contributed by atoms with Gasteiger partial charge in [-0.1, -0.05) is 72.8 Å². The molecule has 3 amide bonds. The highest BCUT2D eigenvalue weighted by Gasteiger charge is 2.56. The Labute approximate surface area is 169 Å². The molecule has 0 aromatic heterocycles. The van der Waals surface area contributed by atoms with E-state index in [2.05, 4.69) is 5.43 Å². The average molecular weight is 386 g/mol. The molecule has 0 radical (unpaired) electrons. The van der Waals surface area contributed by atoms with E-state index in [0.717, 1.165) is 29.0 Å². The van der Waals surface area contributed by atoms with Crippen LogP contribution < -0.4 is 5.43 Å². The molecular weight excluding hydrogens is 364 g/mol. The zero-order valence-corrected chi connectivity index (χ0v) is 15.9. The van der Waals surface area contributed by atoms with Crippen molar-refractivity contribution in [1.82, 2.24) is 10.4 Å². The SMILES string of the molecule is O=C(NN1C(=O)[C@@H]2[C@H](C1=O)[C@@H](c1ccccc1)C=C[C@H]2c1ccccc1)C1CC1. The van der Waals surface area contributed by atoms with Crippen molar-refractivity contribution >= 4 is 17.7 Å². The van der Waals surface area contributed by atoms with Gasteiger partial charge < -0.3 is 0 Å². The molecule has 146 valence electrons. The Kier molecular flexibility index (Phi) is 4.31. The number of fused-ring (bicyclic) bond motifs is 1. The van der Waals surface area contributed by atoms with E-state index in [1.165, 1.54) is 0 Å². The molecule has 3 aliphatic rings. The van der Waals surface area contributed by atoms with Crippen molar-refractivity contribution in [2.45, 2.75) is 24.7 Å². The highest BCUT2D eigenvalue weighted by atomic mass is 16.2. The second-order valence-electron chi connectivity index (χ2n) is 8.07. The van der Waals surface area contributed by atoms with Crippen molar-refractivity contribution in [3.8, 4) is 0 Å². The van der Waals surface area contributed by atoms with Crippen molar-refractivity contribution in [2.24, 2.45) is 17.8 Å². The third-order valence-electron chi connectivity index (χ3n) is 6.24. The molecular formula is C24H22N2O3. The molecule has 5 rings (SSSR count). The van der Waals surface area contributed by atoms with E-state index in [-0.39, 0.29) is 35.5 Å². The monoisotopic (exact) mass is 386 g/mol. The lowest BCUT2D eigenvalue weighted by Gasteiger charge is -2.32. The number of hydrogen-bond donors (Lipinski definition) is 1. The first kappa shape index (κ1) is 17.9. The molecule has 1 saturated heterocycles. The molecule has 5 heteroatoms. The Morgan fingerprint density at radius 2 is 1.21 bits per heavy atom. The van der Waals surface area contributed by atoms with Crippen LogP contribution in [-0.2, 0) is 14.4 Å². The van der Waals surface area contributed by atoms with Crippen molar-refractivity contribution < 1.29 is 14.4 Å². The van der Waals surface area contributed by atoms with Crippen LogP contribution in [0.5, 0.6) is 0 Å². The van der Waals surface area contributed by atoms with Crippen molar-refractivity contribution in [2.75, 3.05) is 0 Å². The van der Waals surface area contributed by atoms with Crippen LogP contribution in [0.15, 0.2) is 72.8 Å². The van der Waals surface area contributed by atoms with Crippen LogP contribution in [0.4, 0.5) is 0 Å². The molecule has 0 bridgehead atoms. The van der Waals surface area contributed by atoms with Crippen LogP contribution in [0.25, 0.3) is 0 Å². The zero-order valence-electron chi connectivity index (χ0n) is 15.9. The maximum absolute atomic E-state index is 13.3. The summed E-state index contributed by atoms with van der Waals surface area (Å²) in [5, 5.41) is 0.995. The Morgan fingerprint density at radius 3 is 1.62 bits per heavy atom. The summed E-state index contributed by atoms with van der Waals surface area (Å²) in [6.45, 7) is 0. The third-order valence-corrected chi connectivity index (χ3v) is 6.24. The molecule has 4 atom stereocenters. The topological polar surface area (TPSA) is 66.5 Å².